The monoisotopic (exact) mass is 316 g/mol. The minimum Gasteiger partial charge on any atom is -0.508 e. The molecule has 0 aliphatic carbocycles. The third-order valence-corrected chi connectivity index (χ3v) is 2.27. The van der Waals surface area contributed by atoms with Crippen molar-refractivity contribution in [2.75, 3.05) is 0 Å². The standard InChI is InChI=1S/C12H10O3.CCl2O2/c13-9-1-5-11(6-2-9)15-12-7-3-10(14)4-8-12;2-1(4)5-3/h1-8,13-14H;. The lowest BCUT2D eigenvalue weighted by Gasteiger charge is -2.05. The Morgan fingerprint density at radius 2 is 1.15 bits per heavy atom. The highest BCUT2D eigenvalue weighted by Gasteiger charge is 1.97. The van der Waals surface area contributed by atoms with Crippen LogP contribution in [-0.4, -0.2) is 15.6 Å². The Hall–Kier alpha value is -2.11. The average Bonchev–Trinajstić information content (AvgIpc) is 2.44. The van der Waals surface area contributed by atoms with Crippen molar-refractivity contribution >= 4 is 28.9 Å². The molecule has 2 aromatic carbocycles. The van der Waals surface area contributed by atoms with Crippen LogP contribution in [0.15, 0.2) is 48.5 Å². The fourth-order valence-corrected chi connectivity index (χ4v) is 1.16. The summed E-state index contributed by atoms with van der Waals surface area (Å²) >= 11 is 8.82. The topological polar surface area (TPSA) is 76.0 Å². The summed E-state index contributed by atoms with van der Waals surface area (Å²) in [5.41, 5.74) is -1.01. The first-order chi connectivity index (χ1) is 9.51. The van der Waals surface area contributed by atoms with E-state index in [1.807, 2.05) is 0 Å². The SMILES string of the molecule is O=C(Cl)OCl.Oc1ccc(Oc2ccc(O)cc2)cc1. The molecule has 0 radical (unpaired) electrons. The highest BCUT2D eigenvalue weighted by Crippen LogP contribution is 2.24. The van der Waals surface area contributed by atoms with Gasteiger partial charge in [0, 0.05) is 11.6 Å². The van der Waals surface area contributed by atoms with E-state index in [4.69, 9.17) is 14.9 Å². The molecule has 106 valence electrons. The van der Waals surface area contributed by atoms with E-state index in [1.54, 1.807) is 48.5 Å². The van der Waals surface area contributed by atoms with Crippen molar-refractivity contribution in [2.24, 2.45) is 0 Å². The van der Waals surface area contributed by atoms with Crippen molar-refractivity contribution in [3.05, 3.63) is 48.5 Å². The Morgan fingerprint density at radius 3 is 1.40 bits per heavy atom. The number of hydrogen-bond acceptors (Lipinski definition) is 5. The zero-order valence-corrected chi connectivity index (χ0v) is 11.5. The van der Waals surface area contributed by atoms with Crippen LogP contribution < -0.4 is 4.74 Å². The second-order valence-corrected chi connectivity index (χ2v) is 3.87. The first-order valence-electron chi connectivity index (χ1n) is 5.25. The van der Waals surface area contributed by atoms with Crippen LogP contribution >= 0.6 is 23.5 Å². The maximum absolute atomic E-state index is 9.22. The third-order valence-electron chi connectivity index (χ3n) is 1.97. The average molecular weight is 317 g/mol. The van der Waals surface area contributed by atoms with Crippen molar-refractivity contribution < 1.29 is 24.0 Å². The summed E-state index contributed by atoms with van der Waals surface area (Å²) < 4.78 is 8.81. The number of carbonyl (C=O) groups is 1. The van der Waals surface area contributed by atoms with Gasteiger partial charge in [-0.25, -0.2) is 4.79 Å². The highest BCUT2D eigenvalue weighted by atomic mass is 35.5. The minimum atomic E-state index is -1.01. The number of rotatable bonds is 2. The van der Waals surface area contributed by atoms with E-state index >= 15 is 0 Å². The Bertz CT molecular complexity index is 496. The second-order valence-electron chi connectivity index (χ2n) is 3.40. The van der Waals surface area contributed by atoms with Gasteiger partial charge in [0.1, 0.15) is 34.9 Å². The molecule has 0 unspecified atom stereocenters. The summed E-state index contributed by atoms with van der Waals surface area (Å²) in [7, 11) is 0. The molecule has 0 spiro atoms. The third kappa shape index (κ3) is 6.17. The number of carbonyl (C=O) groups excluding carboxylic acids is 1. The Morgan fingerprint density at radius 1 is 0.850 bits per heavy atom. The van der Waals surface area contributed by atoms with Crippen LogP contribution in [0.4, 0.5) is 4.79 Å². The zero-order chi connectivity index (χ0) is 15.0. The molecule has 2 rings (SSSR count). The summed E-state index contributed by atoms with van der Waals surface area (Å²) in [5.74, 6) is 1.68. The van der Waals surface area contributed by atoms with Gasteiger partial charge in [-0.2, -0.15) is 0 Å². The van der Waals surface area contributed by atoms with Crippen LogP contribution in [-0.2, 0) is 4.29 Å². The van der Waals surface area contributed by atoms with Gasteiger partial charge in [-0.15, -0.1) is 0 Å². The van der Waals surface area contributed by atoms with Gasteiger partial charge in [0.05, 0.1) is 0 Å². The summed E-state index contributed by atoms with van der Waals surface area (Å²) in [6.45, 7) is 0. The van der Waals surface area contributed by atoms with Gasteiger partial charge in [0.2, 0.25) is 0 Å². The normalized spacial score (nSPS) is 9.10. The van der Waals surface area contributed by atoms with Crippen LogP contribution in [0.1, 0.15) is 0 Å². The van der Waals surface area contributed by atoms with Crippen LogP contribution in [0.25, 0.3) is 0 Å². The molecule has 0 saturated heterocycles. The number of ether oxygens (including phenoxy) is 1. The van der Waals surface area contributed by atoms with E-state index in [0.29, 0.717) is 11.5 Å². The molecule has 0 amide bonds. The first kappa shape index (κ1) is 15.9. The van der Waals surface area contributed by atoms with E-state index in [9.17, 15) is 4.79 Å². The van der Waals surface area contributed by atoms with Crippen molar-refractivity contribution in [3.8, 4) is 23.0 Å². The van der Waals surface area contributed by atoms with Crippen molar-refractivity contribution in [1.82, 2.24) is 0 Å². The molecule has 0 heterocycles. The molecule has 7 heteroatoms. The Balaban J connectivity index is 0.000000347. The van der Waals surface area contributed by atoms with E-state index in [0.717, 1.165) is 0 Å². The van der Waals surface area contributed by atoms with Crippen molar-refractivity contribution in [3.63, 3.8) is 0 Å². The molecule has 0 saturated carbocycles. The largest absolute Gasteiger partial charge is 0.508 e. The van der Waals surface area contributed by atoms with Gasteiger partial charge in [-0.3, -0.25) is 0 Å². The van der Waals surface area contributed by atoms with E-state index in [2.05, 4.69) is 27.8 Å². The number of phenolic OH excluding ortho intramolecular Hbond substituents is 2. The van der Waals surface area contributed by atoms with E-state index in [-0.39, 0.29) is 11.5 Å². The van der Waals surface area contributed by atoms with Crippen LogP contribution in [0.5, 0.6) is 23.0 Å². The van der Waals surface area contributed by atoms with Gasteiger partial charge in [0.25, 0.3) is 0 Å². The van der Waals surface area contributed by atoms with Gasteiger partial charge in [-0.05, 0) is 48.5 Å². The number of benzene rings is 2. The summed E-state index contributed by atoms with van der Waals surface area (Å²) in [6.07, 6.45) is 0. The predicted octanol–water partition coefficient (Wildman–Crippen LogP) is 4.41. The molecule has 0 aliphatic rings. The molecule has 0 aliphatic heterocycles. The number of hydrogen-bond donors (Lipinski definition) is 2. The maximum Gasteiger partial charge on any atom is 0.421 e. The maximum atomic E-state index is 9.22. The van der Waals surface area contributed by atoms with Gasteiger partial charge in [-0.1, -0.05) is 0 Å². The molecular formula is C13H10Cl2O5. The molecule has 2 N–H and O–H groups in total. The molecule has 2 aromatic rings. The lowest BCUT2D eigenvalue weighted by Crippen LogP contribution is -1.82. The zero-order valence-electron chi connectivity index (χ0n) is 9.99. The Kier molecular flexibility index (Phi) is 6.49. The van der Waals surface area contributed by atoms with Gasteiger partial charge in [0.15, 0.2) is 0 Å². The minimum absolute atomic E-state index is 0.202. The molecule has 0 aromatic heterocycles. The summed E-state index contributed by atoms with van der Waals surface area (Å²) in [4.78, 5) is 9.22. The van der Waals surface area contributed by atoms with Gasteiger partial charge >= 0.3 is 5.43 Å². The summed E-state index contributed by atoms with van der Waals surface area (Å²) in [5, 5.41) is 18.1. The quantitative estimate of drug-likeness (QED) is 0.803. The molecular weight excluding hydrogens is 307 g/mol. The Labute approximate surface area is 125 Å². The van der Waals surface area contributed by atoms with Crippen molar-refractivity contribution in [1.29, 1.82) is 0 Å². The summed E-state index contributed by atoms with van der Waals surface area (Å²) in [6, 6.07) is 12.9. The molecule has 20 heavy (non-hydrogen) atoms. The molecule has 0 atom stereocenters. The van der Waals surface area contributed by atoms with E-state index in [1.165, 1.54) is 0 Å². The number of aromatic hydroxyl groups is 2. The van der Waals surface area contributed by atoms with Crippen molar-refractivity contribution in [2.45, 2.75) is 0 Å². The molecule has 0 bridgehead atoms. The van der Waals surface area contributed by atoms with Crippen LogP contribution in [0.3, 0.4) is 0 Å². The fourth-order valence-electron chi connectivity index (χ4n) is 1.16. The lowest BCUT2D eigenvalue weighted by atomic mass is 10.3. The lowest BCUT2D eigenvalue weighted by molar-refractivity contribution is 0.230. The highest BCUT2D eigenvalue weighted by molar-refractivity contribution is 6.62. The van der Waals surface area contributed by atoms with Crippen LogP contribution in [0.2, 0.25) is 0 Å². The smallest absolute Gasteiger partial charge is 0.421 e. The second kappa shape index (κ2) is 8.14. The number of halogens is 2. The van der Waals surface area contributed by atoms with Crippen LogP contribution in [0, 0.1) is 0 Å². The van der Waals surface area contributed by atoms with Gasteiger partial charge < -0.3 is 19.2 Å². The molecule has 0 fully saturated rings. The van der Waals surface area contributed by atoms with E-state index < -0.39 is 5.43 Å². The predicted molar refractivity (Wildman–Crippen MR) is 74.5 cm³/mol. The fraction of sp³-hybridized carbons (Fsp3) is 0. The molecule has 5 nitrogen and oxygen atoms in total. The number of phenols is 2. The first-order valence-corrected chi connectivity index (χ1v) is 5.94.